The van der Waals surface area contributed by atoms with E-state index in [1.807, 2.05) is 31.3 Å². The Balaban J connectivity index is 2.16. The quantitative estimate of drug-likeness (QED) is 0.873. The fourth-order valence-electron chi connectivity index (χ4n) is 2.10. The van der Waals surface area contributed by atoms with Crippen molar-refractivity contribution in [2.75, 3.05) is 7.05 Å². The lowest BCUT2D eigenvalue weighted by Crippen LogP contribution is -2.14. The minimum atomic E-state index is 0.231. The third kappa shape index (κ3) is 3.52. The molecule has 2 N–H and O–H groups in total. The normalized spacial score (nSPS) is 12.2. The van der Waals surface area contributed by atoms with Gasteiger partial charge in [0.05, 0.1) is 0 Å². The van der Waals surface area contributed by atoms with Crippen molar-refractivity contribution in [3.05, 3.63) is 59.2 Å². The van der Waals surface area contributed by atoms with Gasteiger partial charge in [0, 0.05) is 11.6 Å². The van der Waals surface area contributed by atoms with Gasteiger partial charge in [-0.25, -0.2) is 0 Å². The molecule has 0 radical (unpaired) electrons. The number of rotatable bonds is 5. The van der Waals surface area contributed by atoms with Gasteiger partial charge < -0.3 is 15.2 Å². The van der Waals surface area contributed by atoms with E-state index in [4.69, 9.17) is 4.74 Å². The number of hydrogen-bond donors (Lipinski definition) is 2. The van der Waals surface area contributed by atoms with Crippen molar-refractivity contribution in [1.29, 1.82) is 0 Å². The zero-order chi connectivity index (χ0) is 14.5. The number of benzene rings is 2. The van der Waals surface area contributed by atoms with Gasteiger partial charge >= 0.3 is 0 Å². The predicted octanol–water partition coefficient (Wildman–Crippen LogP) is 3.56. The Labute approximate surface area is 120 Å². The first kappa shape index (κ1) is 14.4. The standard InChI is InChI=1S/C17H21NO2/c1-12-7-8-17(16(9-12)13(2)18-3)20-11-14-5-4-6-15(19)10-14/h4-10,13,18-19H,11H2,1-3H3. The van der Waals surface area contributed by atoms with Gasteiger partial charge in [0.1, 0.15) is 18.1 Å². The summed E-state index contributed by atoms with van der Waals surface area (Å²) in [6.45, 7) is 4.63. The fraction of sp³-hybridized carbons (Fsp3) is 0.294. The van der Waals surface area contributed by atoms with E-state index in [9.17, 15) is 5.11 Å². The monoisotopic (exact) mass is 271 g/mol. The van der Waals surface area contributed by atoms with Crippen LogP contribution >= 0.6 is 0 Å². The maximum absolute atomic E-state index is 9.46. The first-order chi connectivity index (χ1) is 9.60. The van der Waals surface area contributed by atoms with Crippen molar-refractivity contribution in [3.63, 3.8) is 0 Å². The van der Waals surface area contributed by atoms with Crippen LogP contribution in [0.2, 0.25) is 0 Å². The highest BCUT2D eigenvalue weighted by molar-refractivity contribution is 5.39. The summed E-state index contributed by atoms with van der Waals surface area (Å²) in [5.74, 6) is 1.14. The van der Waals surface area contributed by atoms with Crippen LogP contribution in [0.25, 0.3) is 0 Å². The summed E-state index contributed by atoms with van der Waals surface area (Å²) in [5.41, 5.74) is 3.31. The summed E-state index contributed by atoms with van der Waals surface area (Å²) in [5, 5.41) is 12.7. The molecule has 0 bridgehead atoms. The third-order valence-electron chi connectivity index (χ3n) is 3.37. The Kier molecular flexibility index (Phi) is 4.64. The van der Waals surface area contributed by atoms with E-state index in [0.717, 1.165) is 16.9 Å². The largest absolute Gasteiger partial charge is 0.508 e. The molecular weight excluding hydrogens is 250 g/mol. The molecule has 2 aromatic carbocycles. The van der Waals surface area contributed by atoms with Crippen LogP contribution in [0.1, 0.15) is 29.7 Å². The molecule has 20 heavy (non-hydrogen) atoms. The van der Waals surface area contributed by atoms with E-state index in [-0.39, 0.29) is 11.8 Å². The second kappa shape index (κ2) is 6.44. The molecule has 0 aliphatic carbocycles. The van der Waals surface area contributed by atoms with Gasteiger partial charge in [0.25, 0.3) is 0 Å². The Morgan fingerprint density at radius 3 is 2.70 bits per heavy atom. The van der Waals surface area contributed by atoms with Crippen LogP contribution in [0, 0.1) is 6.92 Å². The SMILES string of the molecule is CNC(C)c1cc(C)ccc1OCc1cccc(O)c1. The Bertz CT molecular complexity index is 581. The van der Waals surface area contributed by atoms with E-state index in [2.05, 4.69) is 25.2 Å². The van der Waals surface area contributed by atoms with Gasteiger partial charge in [-0.3, -0.25) is 0 Å². The van der Waals surface area contributed by atoms with E-state index in [0.29, 0.717) is 6.61 Å². The van der Waals surface area contributed by atoms with Crippen molar-refractivity contribution < 1.29 is 9.84 Å². The molecule has 0 fully saturated rings. The average molecular weight is 271 g/mol. The summed E-state index contributed by atoms with van der Waals surface area (Å²) < 4.78 is 5.91. The molecule has 0 heterocycles. The Morgan fingerprint density at radius 2 is 2.00 bits per heavy atom. The topological polar surface area (TPSA) is 41.5 Å². The van der Waals surface area contributed by atoms with Gasteiger partial charge in [0.15, 0.2) is 0 Å². The van der Waals surface area contributed by atoms with E-state index >= 15 is 0 Å². The first-order valence-corrected chi connectivity index (χ1v) is 6.78. The van der Waals surface area contributed by atoms with Gasteiger partial charge in [-0.2, -0.15) is 0 Å². The van der Waals surface area contributed by atoms with Gasteiger partial charge in [-0.1, -0.05) is 29.8 Å². The summed E-state index contributed by atoms with van der Waals surface area (Å²) in [7, 11) is 1.94. The van der Waals surface area contributed by atoms with E-state index in [1.54, 1.807) is 12.1 Å². The number of nitrogens with one attached hydrogen (secondary N) is 1. The molecule has 0 spiro atoms. The lowest BCUT2D eigenvalue weighted by atomic mass is 10.0. The van der Waals surface area contributed by atoms with Gasteiger partial charge in [0.2, 0.25) is 0 Å². The maximum Gasteiger partial charge on any atom is 0.124 e. The van der Waals surface area contributed by atoms with Crippen LogP contribution in [0.15, 0.2) is 42.5 Å². The van der Waals surface area contributed by atoms with Crippen molar-refractivity contribution in [1.82, 2.24) is 5.32 Å². The second-order valence-electron chi connectivity index (χ2n) is 5.01. The smallest absolute Gasteiger partial charge is 0.124 e. The molecule has 3 heteroatoms. The van der Waals surface area contributed by atoms with Crippen molar-refractivity contribution in [3.8, 4) is 11.5 Å². The van der Waals surface area contributed by atoms with Gasteiger partial charge in [-0.15, -0.1) is 0 Å². The maximum atomic E-state index is 9.46. The summed E-state index contributed by atoms with van der Waals surface area (Å²) in [4.78, 5) is 0. The lowest BCUT2D eigenvalue weighted by molar-refractivity contribution is 0.299. The molecule has 0 amide bonds. The van der Waals surface area contributed by atoms with Crippen LogP contribution in [-0.2, 0) is 6.61 Å². The zero-order valence-electron chi connectivity index (χ0n) is 12.2. The van der Waals surface area contributed by atoms with Crippen molar-refractivity contribution >= 4 is 0 Å². The highest BCUT2D eigenvalue weighted by Gasteiger charge is 2.10. The first-order valence-electron chi connectivity index (χ1n) is 6.78. The summed E-state index contributed by atoms with van der Waals surface area (Å²) in [6, 6.07) is 13.5. The van der Waals surface area contributed by atoms with Crippen molar-refractivity contribution in [2.45, 2.75) is 26.5 Å². The molecule has 0 aromatic heterocycles. The molecule has 2 rings (SSSR count). The summed E-state index contributed by atoms with van der Waals surface area (Å²) in [6.07, 6.45) is 0. The molecular formula is C17H21NO2. The molecule has 0 aliphatic heterocycles. The second-order valence-corrected chi connectivity index (χ2v) is 5.01. The number of aromatic hydroxyl groups is 1. The number of phenols is 1. The number of ether oxygens (including phenoxy) is 1. The van der Waals surface area contributed by atoms with Gasteiger partial charge in [-0.05, 0) is 44.7 Å². The van der Waals surface area contributed by atoms with Crippen molar-refractivity contribution in [2.24, 2.45) is 0 Å². The molecule has 2 aromatic rings. The predicted molar refractivity (Wildman–Crippen MR) is 81.1 cm³/mol. The minimum absolute atomic E-state index is 0.231. The van der Waals surface area contributed by atoms with Crippen LogP contribution in [0.4, 0.5) is 0 Å². The molecule has 1 unspecified atom stereocenters. The number of aryl methyl sites for hydroxylation is 1. The van der Waals surface area contributed by atoms with Crippen LogP contribution in [0.5, 0.6) is 11.5 Å². The average Bonchev–Trinajstić information content (AvgIpc) is 2.45. The highest BCUT2D eigenvalue weighted by atomic mass is 16.5. The molecule has 106 valence electrons. The van der Waals surface area contributed by atoms with E-state index in [1.165, 1.54) is 5.56 Å². The lowest BCUT2D eigenvalue weighted by Gasteiger charge is -2.17. The van der Waals surface area contributed by atoms with Crippen LogP contribution < -0.4 is 10.1 Å². The molecule has 0 saturated heterocycles. The molecule has 0 saturated carbocycles. The van der Waals surface area contributed by atoms with E-state index < -0.39 is 0 Å². The van der Waals surface area contributed by atoms with Crippen LogP contribution in [0.3, 0.4) is 0 Å². The van der Waals surface area contributed by atoms with Crippen LogP contribution in [-0.4, -0.2) is 12.2 Å². The number of phenolic OH excluding ortho intramolecular Hbond substituents is 1. The highest BCUT2D eigenvalue weighted by Crippen LogP contribution is 2.27. The zero-order valence-corrected chi connectivity index (χ0v) is 12.2. The molecule has 0 aliphatic rings. The minimum Gasteiger partial charge on any atom is -0.508 e. The Hall–Kier alpha value is -2.00. The molecule has 1 atom stereocenters. The number of hydrogen-bond acceptors (Lipinski definition) is 3. The fourth-order valence-corrected chi connectivity index (χ4v) is 2.10. The Morgan fingerprint density at radius 1 is 1.20 bits per heavy atom. The summed E-state index contributed by atoms with van der Waals surface area (Å²) >= 11 is 0. The third-order valence-corrected chi connectivity index (χ3v) is 3.37. The molecule has 3 nitrogen and oxygen atoms in total.